The van der Waals surface area contributed by atoms with E-state index < -0.39 is 5.60 Å². The molecule has 0 spiro atoms. The molecule has 1 amide bonds. The van der Waals surface area contributed by atoms with Gasteiger partial charge < -0.3 is 14.4 Å². The predicted octanol–water partition coefficient (Wildman–Crippen LogP) is 2.53. The first-order valence-corrected chi connectivity index (χ1v) is 10.4. The highest BCUT2D eigenvalue weighted by Gasteiger charge is 2.47. The van der Waals surface area contributed by atoms with Crippen molar-refractivity contribution in [2.75, 3.05) is 26.2 Å². The van der Waals surface area contributed by atoms with Gasteiger partial charge in [-0.3, -0.25) is 9.69 Å². The van der Waals surface area contributed by atoms with E-state index in [0.29, 0.717) is 25.2 Å². The minimum absolute atomic E-state index is 0.0620. The number of aliphatic hydroxyl groups is 1. The molecule has 1 aromatic carbocycles. The molecular formula is C23H26N4O2. The van der Waals surface area contributed by atoms with Crippen LogP contribution in [0.2, 0.25) is 0 Å². The van der Waals surface area contributed by atoms with Gasteiger partial charge in [0, 0.05) is 25.5 Å². The van der Waals surface area contributed by atoms with Crippen molar-refractivity contribution in [3.8, 4) is 0 Å². The lowest BCUT2D eigenvalue weighted by Crippen LogP contribution is -2.61. The van der Waals surface area contributed by atoms with Crippen LogP contribution in [0.4, 0.5) is 0 Å². The van der Waals surface area contributed by atoms with E-state index >= 15 is 0 Å². The summed E-state index contributed by atoms with van der Waals surface area (Å²) in [6.07, 6.45) is 6.50. The monoisotopic (exact) mass is 390 g/mol. The Kier molecular flexibility index (Phi) is 4.60. The predicted molar refractivity (Wildman–Crippen MR) is 111 cm³/mol. The standard InChI is InChI=1S/C23H26N4O2/c28-22(19-16-26-14-5-4-10-21(26)24-19)27-15-11-23(29,18-8-2-1-3-9-18)20(17-27)25-12-6-7-13-25/h1-5,8-10,14,16,20,29H,6-7,11-13,15,17H2/t20-,23+/m1/s1. The Bertz CT molecular complexity index is 979. The van der Waals surface area contributed by atoms with Gasteiger partial charge in [-0.2, -0.15) is 0 Å². The average molecular weight is 390 g/mol. The molecule has 4 heterocycles. The second kappa shape index (κ2) is 7.28. The van der Waals surface area contributed by atoms with Gasteiger partial charge in [0.2, 0.25) is 0 Å². The van der Waals surface area contributed by atoms with Gasteiger partial charge in [0.25, 0.3) is 5.91 Å². The number of rotatable bonds is 3. The van der Waals surface area contributed by atoms with Crippen LogP contribution in [0.1, 0.15) is 35.3 Å². The van der Waals surface area contributed by atoms with E-state index in [1.165, 1.54) is 0 Å². The number of hydrogen-bond acceptors (Lipinski definition) is 4. The van der Waals surface area contributed by atoms with Gasteiger partial charge in [-0.25, -0.2) is 4.98 Å². The number of benzene rings is 1. The van der Waals surface area contributed by atoms with E-state index in [9.17, 15) is 9.90 Å². The molecule has 0 saturated carbocycles. The number of pyridine rings is 1. The maximum atomic E-state index is 13.2. The van der Waals surface area contributed by atoms with Gasteiger partial charge in [-0.1, -0.05) is 36.4 Å². The molecular weight excluding hydrogens is 364 g/mol. The Morgan fingerprint density at radius 1 is 1.03 bits per heavy atom. The molecule has 29 heavy (non-hydrogen) atoms. The van der Waals surface area contributed by atoms with Gasteiger partial charge >= 0.3 is 0 Å². The Hall–Kier alpha value is -2.70. The smallest absolute Gasteiger partial charge is 0.274 e. The van der Waals surface area contributed by atoms with Crippen LogP contribution < -0.4 is 0 Å². The topological polar surface area (TPSA) is 61.1 Å². The van der Waals surface area contributed by atoms with Gasteiger partial charge in [0.05, 0.1) is 6.04 Å². The van der Waals surface area contributed by atoms with Crippen LogP contribution in [0.15, 0.2) is 60.9 Å². The Morgan fingerprint density at radius 2 is 1.79 bits per heavy atom. The third-order valence-corrected chi connectivity index (χ3v) is 6.43. The van der Waals surface area contributed by atoms with Crippen molar-refractivity contribution in [3.63, 3.8) is 0 Å². The Morgan fingerprint density at radius 3 is 2.55 bits per heavy atom. The van der Waals surface area contributed by atoms with E-state index in [4.69, 9.17) is 0 Å². The minimum atomic E-state index is -0.943. The Labute approximate surface area is 170 Å². The molecule has 2 aliphatic rings. The summed E-state index contributed by atoms with van der Waals surface area (Å²) in [5, 5.41) is 11.7. The lowest BCUT2D eigenvalue weighted by atomic mass is 9.79. The lowest BCUT2D eigenvalue weighted by Gasteiger charge is -2.48. The molecule has 2 fully saturated rings. The number of carbonyl (C=O) groups is 1. The second-order valence-corrected chi connectivity index (χ2v) is 8.14. The highest BCUT2D eigenvalue weighted by molar-refractivity contribution is 5.93. The molecule has 2 saturated heterocycles. The Balaban J connectivity index is 1.44. The normalized spacial score (nSPS) is 25.6. The summed E-state index contributed by atoms with van der Waals surface area (Å²) in [5.41, 5.74) is 1.23. The molecule has 5 rings (SSSR count). The molecule has 0 bridgehead atoms. The molecule has 0 radical (unpaired) electrons. The first-order valence-electron chi connectivity index (χ1n) is 10.4. The number of aromatic nitrogens is 2. The fourth-order valence-corrected chi connectivity index (χ4v) is 4.84. The fraction of sp³-hybridized carbons (Fsp3) is 0.391. The first kappa shape index (κ1) is 18.3. The van der Waals surface area contributed by atoms with Crippen LogP contribution in [0, 0.1) is 0 Å². The van der Waals surface area contributed by atoms with Crippen molar-refractivity contribution < 1.29 is 9.90 Å². The summed E-state index contributed by atoms with van der Waals surface area (Å²) in [4.78, 5) is 21.9. The molecule has 0 aliphatic carbocycles. The van der Waals surface area contributed by atoms with Crippen LogP contribution in [0.3, 0.4) is 0 Å². The molecule has 6 nitrogen and oxygen atoms in total. The maximum Gasteiger partial charge on any atom is 0.274 e. The zero-order chi connectivity index (χ0) is 19.8. The quantitative estimate of drug-likeness (QED) is 0.747. The van der Waals surface area contributed by atoms with Gasteiger partial charge in [0.1, 0.15) is 16.9 Å². The fourth-order valence-electron chi connectivity index (χ4n) is 4.84. The maximum absolute atomic E-state index is 13.2. The average Bonchev–Trinajstić information content (AvgIpc) is 3.44. The van der Waals surface area contributed by atoms with Crippen LogP contribution in [0.25, 0.3) is 5.65 Å². The van der Waals surface area contributed by atoms with Crippen molar-refractivity contribution in [2.24, 2.45) is 0 Å². The highest BCUT2D eigenvalue weighted by atomic mass is 16.3. The van der Waals surface area contributed by atoms with Crippen LogP contribution >= 0.6 is 0 Å². The largest absolute Gasteiger partial charge is 0.383 e. The third kappa shape index (κ3) is 3.22. The highest BCUT2D eigenvalue weighted by Crippen LogP contribution is 2.37. The second-order valence-electron chi connectivity index (χ2n) is 8.14. The summed E-state index contributed by atoms with van der Waals surface area (Å²) < 4.78 is 1.87. The number of amides is 1. The zero-order valence-electron chi connectivity index (χ0n) is 16.4. The number of hydrogen-bond donors (Lipinski definition) is 1. The minimum Gasteiger partial charge on any atom is -0.383 e. The van der Waals surface area contributed by atoms with Gasteiger partial charge in [0.15, 0.2) is 0 Å². The van der Waals surface area contributed by atoms with Gasteiger partial charge in [-0.15, -0.1) is 0 Å². The number of fused-ring (bicyclic) bond motifs is 1. The van der Waals surface area contributed by atoms with Crippen molar-refractivity contribution in [2.45, 2.75) is 30.9 Å². The zero-order valence-corrected chi connectivity index (χ0v) is 16.4. The van der Waals surface area contributed by atoms with Crippen molar-refractivity contribution >= 4 is 11.6 Å². The number of likely N-dealkylation sites (tertiary alicyclic amines) is 2. The SMILES string of the molecule is O=C(c1cn2ccccc2n1)N1CC[C@](O)(c2ccccc2)[C@H](N2CCCC2)C1. The van der Waals surface area contributed by atoms with E-state index in [-0.39, 0.29) is 11.9 Å². The van der Waals surface area contributed by atoms with Crippen molar-refractivity contribution in [3.05, 3.63) is 72.2 Å². The van der Waals surface area contributed by atoms with E-state index in [0.717, 1.165) is 37.1 Å². The van der Waals surface area contributed by atoms with Crippen molar-refractivity contribution in [1.29, 1.82) is 0 Å². The van der Waals surface area contributed by atoms with E-state index in [1.54, 1.807) is 6.20 Å². The molecule has 3 aromatic rings. The summed E-state index contributed by atoms with van der Waals surface area (Å²) in [6, 6.07) is 15.6. The van der Waals surface area contributed by atoms with E-state index in [2.05, 4.69) is 9.88 Å². The van der Waals surface area contributed by atoms with Crippen molar-refractivity contribution in [1.82, 2.24) is 19.2 Å². The molecule has 150 valence electrons. The van der Waals surface area contributed by atoms with Crippen LogP contribution in [-0.4, -0.2) is 62.4 Å². The molecule has 2 atom stereocenters. The van der Waals surface area contributed by atoms with E-state index in [1.807, 2.05) is 64.0 Å². The molecule has 1 N–H and O–H groups in total. The first-order chi connectivity index (χ1) is 14.1. The summed E-state index contributed by atoms with van der Waals surface area (Å²) in [7, 11) is 0. The van der Waals surface area contributed by atoms with Crippen LogP contribution in [0.5, 0.6) is 0 Å². The van der Waals surface area contributed by atoms with Crippen LogP contribution in [-0.2, 0) is 5.60 Å². The van der Waals surface area contributed by atoms with Gasteiger partial charge in [-0.05, 0) is 50.0 Å². The summed E-state index contributed by atoms with van der Waals surface area (Å²) in [6.45, 7) is 2.97. The third-order valence-electron chi connectivity index (χ3n) is 6.43. The number of carbonyl (C=O) groups excluding carboxylic acids is 1. The molecule has 6 heteroatoms. The molecule has 0 unspecified atom stereocenters. The summed E-state index contributed by atoms with van der Waals surface area (Å²) in [5.74, 6) is -0.0620. The summed E-state index contributed by atoms with van der Waals surface area (Å²) >= 11 is 0. The number of nitrogens with zero attached hydrogens (tertiary/aromatic N) is 4. The number of piperidine rings is 1. The lowest BCUT2D eigenvalue weighted by molar-refractivity contribution is -0.0878. The molecule has 2 aliphatic heterocycles. The molecule has 2 aromatic heterocycles. The number of imidazole rings is 1.